The lowest BCUT2D eigenvalue weighted by molar-refractivity contribution is -0.137. The molecule has 20 heavy (non-hydrogen) atoms. The molecular weight excluding hydrogens is 293 g/mol. The summed E-state index contributed by atoms with van der Waals surface area (Å²) < 4.78 is 63.5. The van der Waals surface area contributed by atoms with Gasteiger partial charge >= 0.3 is 6.18 Å². The van der Waals surface area contributed by atoms with Crippen molar-refractivity contribution in [3.8, 4) is 0 Å². The zero-order chi connectivity index (χ0) is 15.4. The zero-order valence-electron chi connectivity index (χ0n) is 11.2. The van der Waals surface area contributed by atoms with Crippen molar-refractivity contribution in [3.05, 3.63) is 29.8 Å². The van der Waals surface area contributed by atoms with E-state index in [0.29, 0.717) is 12.6 Å². The van der Waals surface area contributed by atoms with Crippen LogP contribution in [0.4, 0.5) is 13.2 Å². The quantitative estimate of drug-likeness (QED) is 0.790. The fourth-order valence-corrected chi connectivity index (χ4v) is 2.55. The normalized spacial score (nSPS) is 12.9. The fraction of sp³-hybridized carbons (Fsp3) is 0.500. The van der Waals surface area contributed by atoms with Crippen LogP contribution in [0.15, 0.2) is 29.2 Å². The molecule has 2 N–H and O–H groups in total. The first-order valence-electron chi connectivity index (χ1n) is 6.03. The maximum Gasteiger partial charge on any atom is 0.416 e. The third-order valence-corrected chi connectivity index (χ3v) is 3.90. The Hall–Kier alpha value is -1.12. The first-order chi connectivity index (χ1) is 9.13. The van der Waals surface area contributed by atoms with Crippen molar-refractivity contribution in [3.63, 3.8) is 0 Å². The van der Waals surface area contributed by atoms with Crippen LogP contribution in [0.2, 0.25) is 0 Å². The highest BCUT2D eigenvalue weighted by Gasteiger charge is 2.31. The van der Waals surface area contributed by atoms with Crippen LogP contribution in [-0.4, -0.2) is 27.5 Å². The summed E-state index contributed by atoms with van der Waals surface area (Å²) >= 11 is 0. The van der Waals surface area contributed by atoms with Gasteiger partial charge in [-0.3, -0.25) is 0 Å². The van der Waals surface area contributed by atoms with Crippen LogP contribution < -0.4 is 10.0 Å². The second-order valence-corrected chi connectivity index (χ2v) is 6.30. The topological polar surface area (TPSA) is 58.2 Å². The summed E-state index contributed by atoms with van der Waals surface area (Å²) in [6.45, 7) is 4.31. The van der Waals surface area contributed by atoms with Crippen molar-refractivity contribution in [1.29, 1.82) is 0 Å². The number of nitrogens with one attached hydrogen (secondary N) is 2. The minimum absolute atomic E-state index is 0.108. The van der Waals surface area contributed by atoms with Gasteiger partial charge in [0.15, 0.2) is 0 Å². The number of alkyl halides is 3. The van der Waals surface area contributed by atoms with E-state index in [9.17, 15) is 21.6 Å². The van der Waals surface area contributed by atoms with E-state index >= 15 is 0 Å². The van der Waals surface area contributed by atoms with E-state index in [1.807, 2.05) is 13.8 Å². The van der Waals surface area contributed by atoms with Crippen molar-refractivity contribution in [2.24, 2.45) is 0 Å². The Bertz CT molecular complexity index is 542. The van der Waals surface area contributed by atoms with E-state index in [0.717, 1.165) is 18.2 Å². The largest absolute Gasteiger partial charge is 0.416 e. The van der Waals surface area contributed by atoms with Gasteiger partial charge in [-0.05, 0) is 18.2 Å². The molecule has 0 fully saturated rings. The van der Waals surface area contributed by atoms with Crippen molar-refractivity contribution >= 4 is 10.0 Å². The number of benzene rings is 1. The molecule has 0 atom stereocenters. The molecule has 1 rings (SSSR count). The maximum absolute atomic E-state index is 12.5. The van der Waals surface area contributed by atoms with Gasteiger partial charge in [0.2, 0.25) is 10.0 Å². The molecule has 0 aliphatic heterocycles. The van der Waals surface area contributed by atoms with Crippen molar-refractivity contribution in [2.45, 2.75) is 31.0 Å². The van der Waals surface area contributed by atoms with Gasteiger partial charge in [0.1, 0.15) is 0 Å². The highest BCUT2D eigenvalue weighted by atomic mass is 32.2. The summed E-state index contributed by atoms with van der Waals surface area (Å²) in [5, 5.41) is 3.00. The summed E-state index contributed by atoms with van der Waals surface area (Å²) in [4.78, 5) is -0.392. The predicted molar refractivity (Wildman–Crippen MR) is 69.8 cm³/mol. The molecule has 8 heteroatoms. The third kappa shape index (κ3) is 5.10. The Morgan fingerprint density at radius 2 is 1.85 bits per heavy atom. The number of hydrogen-bond acceptors (Lipinski definition) is 3. The first-order valence-corrected chi connectivity index (χ1v) is 7.51. The summed E-state index contributed by atoms with van der Waals surface area (Å²) in [6, 6.07) is 3.86. The van der Waals surface area contributed by atoms with E-state index in [1.54, 1.807) is 0 Å². The van der Waals surface area contributed by atoms with Gasteiger partial charge in [-0.25, -0.2) is 13.1 Å². The third-order valence-electron chi connectivity index (χ3n) is 2.44. The molecule has 0 aromatic heterocycles. The Morgan fingerprint density at radius 3 is 2.40 bits per heavy atom. The Balaban J connectivity index is 2.78. The van der Waals surface area contributed by atoms with E-state index in [1.165, 1.54) is 0 Å². The maximum atomic E-state index is 12.5. The zero-order valence-corrected chi connectivity index (χ0v) is 12.0. The molecule has 114 valence electrons. The molecular formula is C12H17F3N2O2S. The van der Waals surface area contributed by atoms with Gasteiger partial charge in [-0.2, -0.15) is 13.2 Å². The smallest absolute Gasteiger partial charge is 0.313 e. The molecule has 0 saturated heterocycles. The molecule has 0 spiro atoms. The lowest BCUT2D eigenvalue weighted by atomic mass is 10.2. The number of halogens is 3. The molecule has 4 nitrogen and oxygen atoms in total. The monoisotopic (exact) mass is 310 g/mol. The fourth-order valence-electron chi connectivity index (χ4n) is 1.47. The molecule has 0 aliphatic rings. The SMILES string of the molecule is CC(C)NCCNS(=O)(=O)c1cccc(C(F)(F)F)c1. The lowest BCUT2D eigenvalue weighted by Gasteiger charge is -2.11. The first kappa shape index (κ1) is 16.9. The van der Waals surface area contributed by atoms with Gasteiger partial charge in [-0.1, -0.05) is 19.9 Å². The van der Waals surface area contributed by atoms with Crippen LogP contribution in [0.25, 0.3) is 0 Å². The molecule has 0 amide bonds. The summed E-state index contributed by atoms with van der Waals surface area (Å²) in [6.07, 6.45) is -4.56. The van der Waals surface area contributed by atoms with Crippen molar-refractivity contribution in [1.82, 2.24) is 10.0 Å². The highest BCUT2D eigenvalue weighted by molar-refractivity contribution is 7.89. The van der Waals surface area contributed by atoms with Crippen LogP contribution in [-0.2, 0) is 16.2 Å². The van der Waals surface area contributed by atoms with Gasteiger partial charge in [0.25, 0.3) is 0 Å². The van der Waals surface area contributed by atoms with Gasteiger partial charge in [0.05, 0.1) is 10.5 Å². The van der Waals surface area contributed by atoms with Crippen LogP contribution in [0.1, 0.15) is 19.4 Å². The average Bonchev–Trinajstić information content (AvgIpc) is 2.34. The second-order valence-electron chi connectivity index (χ2n) is 4.53. The Morgan fingerprint density at radius 1 is 1.20 bits per heavy atom. The van der Waals surface area contributed by atoms with Crippen LogP contribution >= 0.6 is 0 Å². The molecule has 0 aliphatic carbocycles. The predicted octanol–water partition coefficient (Wildman–Crippen LogP) is 1.98. The molecule has 0 heterocycles. The minimum Gasteiger partial charge on any atom is -0.313 e. The van der Waals surface area contributed by atoms with Gasteiger partial charge in [-0.15, -0.1) is 0 Å². The molecule has 0 radical (unpaired) electrons. The van der Waals surface area contributed by atoms with E-state index in [-0.39, 0.29) is 12.6 Å². The minimum atomic E-state index is -4.56. The molecule has 0 unspecified atom stereocenters. The summed E-state index contributed by atoms with van der Waals surface area (Å²) in [7, 11) is -3.93. The number of sulfonamides is 1. The van der Waals surface area contributed by atoms with Crippen LogP contribution in [0, 0.1) is 0 Å². The van der Waals surface area contributed by atoms with Gasteiger partial charge in [0, 0.05) is 19.1 Å². The Kier molecular flexibility index (Phi) is 5.55. The Labute approximate surface area is 116 Å². The van der Waals surface area contributed by atoms with Gasteiger partial charge < -0.3 is 5.32 Å². The average molecular weight is 310 g/mol. The van der Waals surface area contributed by atoms with Crippen molar-refractivity contribution < 1.29 is 21.6 Å². The van der Waals surface area contributed by atoms with E-state index < -0.39 is 26.7 Å². The van der Waals surface area contributed by atoms with Crippen LogP contribution in [0.3, 0.4) is 0 Å². The molecule has 1 aromatic rings. The summed E-state index contributed by atoms with van der Waals surface area (Å²) in [5.74, 6) is 0. The molecule has 0 bridgehead atoms. The highest BCUT2D eigenvalue weighted by Crippen LogP contribution is 2.30. The van der Waals surface area contributed by atoms with E-state index in [4.69, 9.17) is 0 Å². The molecule has 1 aromatic carbocycles. The number of rotatable bonds is 6. The number of hydrogen-bond donors (Lipinski definition) is 2. The van der Waals surface area contributed by atoms with Crippen LogP contribution in [0.5, 0.6) is 0 Å². The molecule has 0 saturated carbocycles. The van der Waals surface area contributed by atoms with Crippen molar-refractivity contribution in [2.75, 3.05) is 13.1 Å². The second kappa shape index (κ2) is 6.55. The van der Waals surface area contributed by atoms with E-state index in [2.05, 4.69) is 10.0 Å². The summed E-state index contributed by atoms with van der Waals surface area (Å²) in [5.41, 5.74) is -0.985. The lowest BCUT2D eigenvalue weighted by Crippen LogP contribution is -2.34. The standard InChI is InChI=1S/C12H17F3N2O2S/c1-9(2)16-6-7-17-20(18,19)11-5-3-4-10(8-11)12(13,14)15/h3-5,8-9,16-17H,6-7H2,1-2H3.